The lowest BCUT2D eigenvalue weighted by Gasteiger charge is -2.34. The van der Waals surface area contributed by atoms with E-state index in [1.165, 1.54) is 35.2 Å². The van der Waals surface area contributed by atoms with Crippen molar-refractivity contribution in [2.24, 2.45) is 0 Å². The third kappa shape index (κ3) is 8.54. The predicted molar refractivity (Wildman–Crippen MR) is 177 cm³/mol. The number of benzene rings is 4. The fourth-order valence-electron chi connectivity index (χ4n) is 4.68. The third-order valence-electron chi connectivity index (χ3n) is 6.73. The van der Waals surface area contributed by atoms with Crippen molar-refractivity contribution in [3.63, 3.8) is 0 Å². The van der Waals surface area contributed by atoms with E-state index >= 15 is 0 Å². The van der Waals surface area contributed by atoms with Gasteiger partial charge in [-0.1, -0.05) is 95.5 Å². The molecule has 0 aliphatic carbocycles. The molecule has 0 heterocycles. The van der Waals surface area contributed by atoms with Gasteiger partial charge in [0.05, 0.1) is 15.6 Å². The molecule has 0 aliphatic heterocycles. The summed E-state index contributed by atoms with van der Waals surface area (Å²) in [5.74, 6) is -0.989. The summed E-state index contributed by atoms with van der Waals surface area (Å²) in [6.07, 6.45) is 0.193. The van der Waals surface area contributed by atoms with Crippen LogP contribution in [-0.4, -0.2) is 43.8 Å². The smallest absolute Gasteiger partial charge is 0.264 e. The number of sulfonamides is 1. The van der Waals surface area contributed by atoms with Crippen LogP contribution in [0, 0.1) is 0 Å². The van der Waals surface area contributed by atoms with Gasteiger partial charge in [-0.25, -0.2) is 8.42 Å². The maximum atomic E-state index is 14.4. The van der Waals surface area contributed by atoms with Crippen molar-refractivity contribution in [1.29, 1.82) is 0 Å². The molecule has 44 heavy (non-hydrogen) atoms. The van der Waals surface area contributed by atoms with Gasteiger partial charge in [-0.3, -0.25) is 13.9 Å². The molecule has 4 aromatic rings. The number of nitrogens with zero attached hydrogens (tertiary/aromatic N) is 2. The second-order valence-electron chi connectivity index (χ2n) is 10.4. The molecule has 4 aromatic carbocycles. The third-order valence-corrected chi connectivity index (χ3v) is 9.28. The molecule has 0 unspecified atom stereocenters. The number of nitrogens with one attached hydrogen (secondary N) is 1. The number of carbonyl (C=O) groups is 2. The Morgan fingerprint density at radius 1 is 0.773 bits per heavy atom. The Morgan fingerprint density at radius 3 is 2.00 bits per heavy atom. The quantitative estimate of drug-likeness (QED) is 0.176. The van der Waals surface area contributed by atoms with E-state index in [4.69, 9.17) is 34.8 Å². The Balaban J connectivity index is 1.82. The zero-order valence-corrected chi connectivity index (χ0v) is 27.2. The minimum absolute atomic E-state index is 0.00398. The van der Waals surface area contributed by atoms with Gasteiger partial charge in [0.1, 0.15) is 12.6 Å². The van der Waals surface area contributed by atoms with Gasteiger partial charge in [-0.05, 0) is 67.4 Å². The lowest BCUT2D eigenvalue weighted by atomic mass is 10.0. The zero-order valence-electron chi connectivity index (χ0n) is 24.2. The number of halogens is 3. The molecule has 7 nitrogen and oxygen atoms in total. The Morgan fingerprint density at radius 2 is 1.39 bits per heavy atom. The largest absolute Gasteiger partial charge is 0.352 e. The lowest BCUT2D eigenvalue weighted by Crippen LogP contribution is -2.54. The molecular formula is C33H32Cl3N3O4S. The average molecular weight is 673 g/mol. The monoisotopic (exact) mass is 671 g/mol. The molecule has 0 saturated carbocycles. The van der Waals surface area contributed by atoms with Gasteiger partial charge in [0.25, 0.3) is 10.0 Å². The highest BCUT2D eigenvalue weighted by Gasteiger charge is 2.35. The number of rotatable bonds is 12. The van der Waals surface area contributed by atoms with Crippen molar-refractivity contribution in [3.05, 3.63) is 129 Å². The van der Waals surface area contributed by atoms with Gasteiger partial charge >= 0.3 is 0 Å². The van der Waals surface area contributed by atoms with Gasteiger partial charge in [0.2, 0.25) is 11.8 Å². The van der Waals surface area contributed by atoms with Crippen molar-refractivity contribution in [3.8, 4) is 0 Å². The standard InChI is InChI=1S/C33H32Cl3N3O4S/c1-23(2)37-33(41)31(19-24-10-5-3-6-11-24)38(21-25-12-9-13-26(34)18-25)32(40)22-39(30-17-16-27(35)20-29(30)36)44(42,43)28-14-7-4-8-15-28/h3-18,20,23,31H,19,21-22H2,1-2H3,(H,37,41)/t31-/m1/s1. The fraction of sp³-hybridized carbons (Fsp3) is 0.212. The Labute approximate surface area is 273 Å². The maximum absolute atomic E-state index is 14.4. The van der Waals surface area contributed by atoms with Gasteiger partial charge in [-0.2, -0.15) is 0 Å². The van der Waals surface area contributed by atoms with Crippen LogP contribution in [-0.2, 0) is 32.6 Å². The van der Waals surface area contributed by atoms with Gasteiger partial charge < -0.3 is 10.2 Å². The van der Waals surface area contributed by atoms with Crippen LogP contribution in [0.4, 0.5) is 5.69 Å². The molecule has 1 N–H and O–H groups in total. The highest BCUT2D eigenvalue weighted by atomic mass is 35.5. The molecule has 11 heteroatoms. The van der Waals surface area contributed by atoms with Crippen molar-refractivity contribution in [2.75, 3.05) is 10.8 Å². The Bertz CT molecular complexity index is 1700. The van der Waals surface area contributed by atoms with Crippen molar-refractivity contribution in [2.45, 2.75) is 43.8 Å². The topological polar surface area (TPSA) is 86.8 Å². The lowest BCUT2D eigenvalue weighted by molar-refractivity contribution is -0.140. The predicted octanol–water partition coefficient (Wildman–Crippen LogP) is 7.01. The molecule has 0 aromatic heterocycles. The average Bonchev–Trinajstić information content (AvgIpc) is 2.98. The molecule has 0 fully saturated rings. The first-order valence-electron chi connectivity index (χ1n) is 13.9. The van der Waals surface area contributed by atoms with E-state index in [9.17, 15) is 18.0 Å². The van der Waals surface area contributed by atoms with E-state index in [0.29, 0.717) is 15.6 Å². The molecule has 1 atom stereocenters. The first kappa shape index (κ1) is 33.3. The second-order valence-corrected chi connectivity index (χ2v) is 13.6. The molecule has 0 bridgehead atoms. The number of anilines is 1. The van der Waals surface area contributed by atoms with E-state index < -0.39 is 28.5 Å². The number of carbonyl (C=O) groups excluding carboxylic acids is 2. The van der Waals surface area contributed by atoms with Crippen LogP contribution in [0.1, 0.15) is 25.0 Å². The van der Waals surface area contributed by atoms with E-state index in [2.05, 4.69) is 5.32 Å². The normalized spacial score (nSPS) is 12.0. The minimum atomic E-state index is -4.28. The van der Waals surface area contributed by atoms with Crippen molar-refractivity contribution >= 4 is 62.3 Å². The van der Waals surface area contributed by atoms with Crippen LogP contribution in [0.3, 0.4) is 0 Å². The van der Waals surface area contributed by atoms with Gasteiger partial charge in [0, 0.05) is 29.1 Å². The summed E-state index contributed by atoms with van der Waals surface area (Å²) in [5.41, 5.74) is 1.57. The van der Waals surface area contributed by atoms with Crippen molar-refractivity contribution < 1.29 is 18.0 Å². The summed E-state index contributed by atoms with van der Waals surface area (Å²) < 4.78 is 29.0. The van der Waals surface area contributed by atoms with Crippen LogP contribution in [0.5, 0.6) is 0 Å². The zero-order chi connectivity index (χ0) is 31.9. The summed E-state index contributed by atoms with van der Waals surface area (Å²) in [5, 5.41) is 3.74. The number of hydrogen-bond donors (Lipinski definition) is 1. The summed E-state index contributed by atoms with van der Waals surface area (Å²) in [6, 6.07) is 27.2. The first-order chi connectivity index (χ1) is 21.0. The number of amides is 2. The van der Waals surface area contributed by atoms with Gasteiger partial charge in [0.15, 0.2) is 0 Å². The molecule has 0 aliphatic rings. The van der Waals surface area contributed by atoms with E-state index in [1.54, 1.807) is 42.5 Å². The molecule has 0 radical (unpaired) electrons. The first-order valence-corrected chi connectivity index (χ1v) is 16.4. The van der Waals surface area contributed by atoms with Crippen LogP contribution in [0.15, 0.2) is 108 Å². The second kappa shape index (κ2) is 14.9. The van der Waals surface area contributed by atoms with Crippen LogP contribution < -0.4 is 9.62 Å². The van der Waals surface area contributed by atoms with E-state index in [1.807, 2.05) is 44.2 Å². The minimum Gasteiger partial charge on any atom is -0.352 e. The van der Waals surface area contributed by atoms with Crippen LogP contribution in [0.2, 0.25) is 15.1 Å². The Kier molecular flexibility index (Phi) is 11.3. The summed E-state index contributed by atoms with van der Waals surface area (Å²) >= 11 is 18.9. The van der Waals surface area contributed by atoms with Crippen LogP contribution >= 0.6 is 34.8 Å². The highest BCUT2D eigenvalue weighted by Crippen LogP contribution is 2.33. The van der Waals surface area contributed by atoms with E-state index in [-0.39, 0.29) is 40.5 Å². The molecule has 0 saturated heterocycles. The summed E-state index contributed by atoms with van der Waals surface area (Å²) in [6.45, 7) is 3.02. The van der Waals surface area contributed by atoms with Gasteiger partial charge in [-0.15, -0.1) is 0 Å². The highest BCUT2D eigenvalue weighted by molar-refractivity contribution is 7.92. The summed E-state index contributed by atoms with van der Waals surface area (Å²) in [7, 11) is -4.28. The SMILES string of the molecule is CC(C)NC(=O)[C@@H](Cc1ccccc1)N(Cc1cccc(Cl)c1)C(=O)CN(c1ccc(Cl)cc1Cl)S(=O)(=O)c1ccccc1. The fourth-order valence-corrected chi connectivity index (χ4v) is 6.91. The summed E-state index contributed by atoms with van der Waals surface area (Å²) in [4.78, 5) is 29.5. The van der Waals surface area contributed by atoms with Crippen molar-refractivity contribution in [1.82, 2.24) is 10.2 Å². The van der Waals surface area contributed by atoms with E-state index in [0.717, 1.165) is 9.87 Å². The molecule has 4 rings (SSSR count). The van der Waals surface area contributed by atoms with Crippen LogP contribution in [0.25, 0.3) is 0 Å². The molecule has 230 valence electrons. The maximum Gasteiger partial charge on any atom is 0.264 e. The molecular weight excluding hydrogens is 641 g/mol. The molecule has 2 amide bonds. The number of hydrogen-bond acceptors (Lipinski definition) is 4. The Hall–Kier alpha value is -3.56. The molecule has 0 spiro atoms.